The second-order valence-electron chi connectivity index (χ2n) is 15.1. The molecule has 282 valence electrons. The minimum absolute atomic E-state index is 0.0225. The molecule has 3 N–H and O–H groups in total. The zero-order valence-corrected chi connectivity index (χ0v) is 31.8. The number of rotatable bonds is 15. The minimum atomic E-state index is -4.07. The molecule has 3 aromatic carbocycles. The molecule has 12 nitrogen and oxygen atoms in total. The molecule has 1 saturated heterocycles. The van der Waals surface area contributed by atoms with E-state index >= 15 is 0 Å². The zero-order chi connectivity index (χ0) is 38.3. The number of aliphatic hydroxyl groups is 1. The van der Waals surface area contributed by atoms with Crippen LogP contribution in [0.4, 0.5) is 4.79 Å². The van der Waals surface area contributed by atoms with E-state index in [0.717, 1.165) is 22.0 Å². The highest BCUT2D eigenvalue weighted by Crippen LogP contribution is 2.29. The van der Waals surface area contributed by atoms with Crippen LogP contribution in [-0.2, 0) is 27.8 Å². The number of pyridine rings is 1. The smallest absolute Gasteiger partial charge is 0.321 e. The van der Waals surface area contributed by atoms with Crippen molar-refractivity contribution in [3.8, 4) is 0 Å². The highest BCUT2D eigenvalue weighted by atomic mass is 32.2. The third kappa shape index (κ3) is 9.78. The van der Waals surface area contributed by atoms with Gasteiger partial charge in [0.1, 0.15) is 6.04 Å². The Hall–Kier alpha value is -4.85. The van der Waals surface area contributed by atoms with Crippen LogP contribution in [0.3, 0.4) is 0 Å². The van der Waals surface area contributed by atoms with Crippen molar-refractivity contribution in [3.63, 3.8) is 0 Å². The molecule has 0 bridgehead atoms. The van der Waals surface area contributed by atoms with Gasteiger partial charge in [-0.2, -0.15) is 4.31 Å². The van der Waals surface area contributed by atoms with Crippen LogP contribution in [-0.4, -0.2) is 100 Å². The van der Waals surface area contributed by atoms with Gasteiger partial charge in [0.05, 0.1) is 28.8 Å². The van der Waals surface area contributed by atoms with E-state index in [2.05, 4.69) is 15.5 Å². The monoisotopic (exact) mass is 742 g/mol. The Morgan fingerprint density at radius 2 is 1.70 bits per heavy atom. The summed E-state index contributed by atoms with van der Waals surface area (Å²) in [6.07, 6.45) is 1.87. The van der Waals surface area contributed by atoms with Gasteiger partial charge in [-0.05, 0) is 64.8 Å². The highest BCUT2D eigenvalue weighted by Gasteiger charge is 2.44. The lowest BCUT2D eigenvalue weighted by Gasteiger charge is -2.38. The number of aromatic nitrogens is 1. The number of sulfonamides is 1. The number of amides is 3. The summed E-state index contributed by atoms with van der Waals surface area (Å²) in [6, 6.07) is 23.0. The predicted molar refractivity (Wildman–Crippen MR) is 205 cm³/mol. The van der Waals surface area contributed by atoms with Gasteiger partial charge in [0, 0.05) is 44.3 Å². The van der Waals surface area contributed by atoms with E-state index in [1.54, 1.807) is 16.0 Å². The number of fused-ring (bicyclic) bond motifs is 1. The molecule has 1 aliphatic heterocycles. The standard InChI is InChI=1S/C40H50N6O6S/c1-28(2)25-45(53(51,52)33-16-13-30(14-17-33)24-42-50)27-36(47)35(23-29-10-7-6-8-11-29)43-38(48)37(40(3,4)5)46-21-20-44(39(46)49)26-31-15-18-34-32(22-31)12-9-19-41-34/h6-19,22,24,28,35-37,47,50H,20-21,23,25-27H2,1-5H3,(H,43,48)/t35-,36+,37+/m0/s1. The summed E-state index contributed by atoms with van der Waals surface area (Å²) < 4.78 is 29.1. The van der Waals surface area contributed by atoms with Crippen molar-refractivity contribution in [2.24, 2.45) is 16.5 Å². The fraction of sp³-hybridized carbons (Fsp3) is 0.400. The number of hydrogen-bond acceptors (Lipinski definition) is 8. The summed E-state index contributed by atoms with van der Waals surface area (Å²) in [5.41, 5.74) is 2.52. The van der Waals surface area contributed by atoms with Crippen LogP contribution in [0, 0.1) is 11.3 Å². The first-order valence-corrected chi connectivity index (χ1v) is 19.3. The number of urea groups is 1. The summed E-state index contributed by atoms with van der Waals surface area (Å²) in [5.74, 6) is -0.496. The molecule has 1 aliphatic rings. The molecule has 4 aromatic rings. The fourth-order valence-electron chi connectivity index (χ4n) is 6.80. The van der Waals surface area contributed by atoms with E-state index in [4.69, 9.17) is 5.21 Å². The summed E-state index contributed by atoms with van der Waals surface area (Å²) in [6.45, 7) is 10.5. The summed E-state index contributed by atoms with van der Waals surface area (Å²) >= 11 is 0. The quantitative estimate of drug-likeness (QED) is 0.0867. The maximum Gasteiger partial charge on any atom is 0.321 e. The number of carbonyl (C=O) groups excluding carboxylic acids is 2. The Kier molecular flexibility index (Phi) is 12.5. The lowest BCUT2D eigenvalue weighted by molar-refractivity contribution is -0.130. The molecule has 5 rings (SSSR count). The van der Waals surface area contributed by atoms with E-state index in [1.807, 2.05) is 95.3 Å². The molecular weight excluding hydrogens is 693 g/mol. The van der Waals surface area contributed by atoms with E-state index in [1.165, 1.54) is 34.8 Å². The number of benzene rings is 3. The average Bonchev–Trinajstić information content (AvgIpc) is 3.45. The highest BCUT2D eigenvalue weighted by molar-refractivity contribution is 7.89. The molecule has 0 radical (unpaired) electrons. The van der Waals surface area contributed by atoms with Crippen molar-refractivity contribution in [3.05, 3.63) is 108 Å². The average molecular weight is 743 g/mol. The van der Waals surface area contributed by atoms with Crippen molar-refractivity contribution in [1.29, 1.82) is 0 Å². The lowest BCUT2D eigenvalue weighted by Crippen LogP contribution is -2.59. The van der Waals surface area contributed by atoms with Crippen LogP contribution >= 0.6 is 0 Å². The topological polar surface area (TPSA) is 156 Å². The fourth-order valence-corrected chi connectivity index (χ4v) is 8.42. The second kappa shape index (κ2) is 16.9. The van der Waals surface area contributed by atoms with Gasteiger partial charge in [-0.3, -0.25) is 9.78 Å². The van der Waals surface area contributed by atoms with Gasteiger partial charge in [-0.15, -0.1) is 0 Å². The Balaban J connectivity index is 1.38. The van der Waals surface area contributed by atoms with Gasteiger partial charge in [0.2, 0.25) is 15.9 Å². The largest absolute Gasteiger partial charge is 0.411 e. The van der Waals surface area contributed by atoms with Crippen LogP contribution in [0.1, 0.15) is 51.3 Å². The molecule has 3 amide bonds. The van der Waals surface area contributed by atoms with Crippen LogP contribution in [0.5, 0.6) is 0 Å². The first-order valence-electron chi connectivity index (χ1n) is 17.9. The van der Waals surface area contributed by atoms with Gasteiger partial charge in [0.15, 0.2) is 0 Å². The maximum absolute atomic E-state index is 14.4. The van der Waals surface area contributed by atoms with Gasteiger partial charge < -0.3 is 25.4 Å². The van der Waals surface area contributed by atoms with Crippen molar-refractivity contribution < 1.29 is 28.3 Å². The first-order chi connectivity index (χ1) is 25.2. The third-order valence-electron chi connectivity index (χ3n) is 9.32. The number of oxime groups is 1. The predicted octanol–water partition coefficient (Wildman–Crippen LogP) is 5.13. The Labute approximate surface area is 312 Å². The summed E-state index contributed by atoms with van der Waals surface area (Å²) in [7, 11) is -4.07. The van der Waals surface area contributed by atoms with Crippen molar-refractivity contribution in [1.82, 2.24) is 24.4 Å². The molecule has 0 spiro atoms. The van der Waals surface area contributed by atoms with Crippen molar-refractivity contribution in [2.45, 2.75) is 70.7 Å². The van der Waals surface area contributed by atoms with E-state index in [9.17, 15) is 23.1 Å². The molecule has 0 aliphatic carbocycles. The molecule has 13 heteroatoms. The second-order valence-corrected chi connectivity index (χ2v) is 17.0. The molecule has 2 heterocycles. The van der Waals surface area contributed by atoms with Crippen LogP contribution in [0.2, 0.25) is 0 Å². The molecule has 1 fully saturated rings. The Bertz CT molecular complexity index is 2000. The molecule has 0 unspecified atom stereocenters. The summed E-state index contributed by atoms with van der Waals surface area (Å²) in [5, 5.41) is 27.8. The maximum atomic E-state index is 14.4. The van der Waals surface area contributed by atoms with Crippen LogP contribution in [0.15, 0.2) is 101 Å². The Morgan fingerprint density at radius 1 is 0.981 bits per heavy atom. The molecule has 3 atom stereocenters. The molecule has 1 aromatic heterocycles. The minimum Gasteiger partial charge on any atom is -0.411 e. The number of aliphatic hydroxyl groups excluding tert-OH is 1. The number of nitrogens with one attached hydrogen (secondary N) is 1. The van der Waals surface area contributed by atoms with E-state index < -0.39 is 39.5 Å². The van der Waals surface area contributed by atoms with E-state index in [0.29, 0.717) is 25.2 Å². The van der Waals surface area contributed by atoms with Crippen molar-refractivity contribution in [2.75, 3.05) is 26.2 Å². The first kappa shape index (κ1) is 39.4. The molecule has 53 heavy (non-hydrogen) atoms. The molecular formula is C40H50N6O6S. The normalized spacial score (nSPS) is 15.8. The van der Waals surface area contributed by atoms with Crippen LogP contribution < -0.4 is 5.32 Å². The zero-order valence-electron chi connectivity index (χ0n) is 31.0. The summed E-state index contributed by atoms with van der Waals surface area (Å²) in [4.78, 5) is 36.1. The lowest BCUT2D eigenvalue weighted by atomic mass is 9.84. The number of nitrogens with zero attached hydrogens (tertiary/aromatic N) is 5. The number of hydrogen-bond donors (Lipinski definition) is 3. The van der Waals surface area contributed by atoms with Crippen molar-refractivity contribution >= 4 is 39.1 Å². The molecule has 0 saturated carbocycles. The van der Waals surface area contributed by atoms with Gasteiger partial charge in [-0.25, -0.2) is 13.2 Å². The third-order valence-corrected chi connectivity index (χ3v) is 11.2. The van der Waals surface area contributed by atoms with Gasteiger partial charge in [0.25, 0.3) is 0 Å². The van der Waals surface area contributed by atoms with Gasteiger partial charge in [-0.1, -0.05) is 94.4 Å². The Morgan fingerprint density at radius 3 is 2.36 bits per heavy atom. The number of carbonyl (C=O) groups is 2. The van der Waals surface area contributed by atoms with E-state index in [-0.39, 0.29) is 36.4 Å². The SMILES string of the molecule is CC(C)CN(C[C@@H](O)[C@H](Cc1ccccc1)NC(=O)[C@@H](N1CCN(Cc2ccc3ncccc3c2)C1=O)C(C)(C)C)S(=O)(=O)c1ccc(C=NO)cc1. The van der Waals surface area contributed by atoms with Gasteiger partial charge >= 0.3 is 6.03 Å². The van der Waals surface area contributed by atoms with Crippen LogP contribution in [0.25, 0.3) is 10.9 Å².